The van der Waals surface area contributed by atoms with E-state index >= 15 is 0 Å². The number of sulfonamides is 1. The molecule has 1 N–H and O–H groups in total. The number of halogens is 4. The number of pyridine rings is 1. The maximum Gasteiger partial charge on any atom is 0.417 e. The maximum atomic E-state index is 13.0. The molecule has 0 unspecified atom stereocenters. The molecule has 6 nitrogen and oxygen atoms in total. The molecule has 11 heteroatoms. The first-order valence-corrected chi connectivity index (χ1v) is 10.5. The number of hydrogen-bond donors (Lipinski definition) is 1. The molecule has 1 aliphatic heterocycles. The van der Waals surface area contributed by atoms with Crippen molar-refractivity contribution in [2.45, 2.75) is 23.9 Å². The van der Waals surface area contributed by atoms with Gasteiger partial charge in [-0.1, -0.05) is 17.7 Å². The lowest BCUT2D eigenvalue weighted by Crippen LogP contribution is -2.41. The van der Waals surface area contributed by atoms with E-state index in [2.05, 4.69) is 10.3 Å². The average Bonchev–Trinajstić information content (AvgIpc) is 2.68. The summed E-state index contributed by atoms with van der Waals surface area (Å²) in [4.78, 5) is 15.8. The molecule has 0 aliphatic carbocycles. The quantitative estimate of drug-likeness (QED) is 0.773. The molecule has 0 atom stereocenters. The Kier molecular flexibility index (Phi) is 6.16. The minimum atomic E-state index is -4.76. The summed E-state index contributed by atoms with van der Waals surface area (Å²) in [7, 11) is -4.14. The first-order valence-electron chi connectivity index (χ1n) is 8.68. The molecule has 1 saturated heterocycles. The number of rotatable bonds is 4. The minimum Gasteiger partial charge on any atom is -0.310 e. The first kappa shape index (κ1) is 21.5. The third kappa shape index (κ3) is 4.88. The molecule has 2 aromatic rings. The molecule has 156 valence electrons. The van der Waals surface area contributed by atoms with Crippen molar-refractivity contribution >= 4 is 33.3 Å². The number of carbonyl (C=O) groups is 1. The van der Waals surface area contributed by atoms with Gasteiger partial charge in [-0.05, 0) is 43.2 Å². The zero-order valence-electron chi connectivity index (χ0n) is 15.0. The third-order valence-electron chi connectivity index (χ3n) is 4.62. The molecule has 0 saturated carbocycles. The van der Waals surface area contributed by atoms with Crippen LogP contribution >= 0.6 is 11.6 Å². The number of nitrogens with zero attached hydrogens (tertiary/aromatic N) is 2. The van der Waals surface area contributed by atoms with E-state index in [1.54, 1.807) is 18.2 Å². The third-order valence-corrected chi connectivity index (χ3v) is 6.85. The summed E-state index contributed by atoms with van der Waals surface area (Å²) in [5.41, 5.74) is -1.20. The van der Waals surface area contributed by atoms with E-state index < -0.39 is 37.6 Å². The van der Waals surface area contributed by atoms with Crippen LogP contribution < -0.4 is 5.32 Å². The smallest absolute Gasteiger partial charge is 0.310 e. The highest BCUT2D eigenvalue weighted by Crippen LogP contribution is 2.36. The molecular weight excluding hydrogens is 431 g/mol. The summed E-state index contributed by atoms with van der Waals surface area (Å²) >= 11 is 5.56. The van der Waals surface area contributed by atoms with Crippen molar-refractivity contribution in [1.82, 2.24) is 9.29 Å². The lowest BCUT2D eigenvalue weighted by atomic mass is 9.97. The number of piperidine rings is 1. The van der Waals surface area contributed by atoms with Crippen LogP contribution in [0.3, 0.4) is 0 Å². The standard InChI is InChI=1S/C18H17ClF3N3O3S/c19-15-5-4-13(11-14(15)18(20,21)22)29(27,28)25-9-6-12(7-10-25)17(26)24-16-3-1-2-8-23-16/h1-5,8,11-12H,6-7,9-10H2,(H,23,24,26). The number of amides is 1. The van der Waals surface area contributed by atoms with Gasteiger partial charge in [0.05, 0.1) is 15.5 Å². The SMILES string of the molecule is O=C(Nc1ccccn1)C1CCN(S(=O)(=O)c2ccc(Cl)c(C(F)(F)F)c2)CC1. The number of hydrogen-bond acceptors (Lipinski definition) is 4. The minimum absolute atomic E-state index is 0.0205. The maximum absolute atomic E-state index is 13.0. The second-order valence-electron chi connectivity index (χ2n) is 6.52. The second kappa shape index (κ2) is 8.29. The molecule has 0 spiro atoms. The summed E-state index contributed by atoms with van der Waals surface area (Å²) < 4.78 is 65.7. The van der Waals surface area contributed by atoms with Gasteiger partial charge in [-0.15, -0.1) is 0 Å². The van der Waals surface area contributed by atoms with Gasteiger partial charge in [-0.3, -0.25) is 4.79 Å². The van der Waals surface area contributed by atoms with Gasteiger partial charge in [-0.2, -0.15) is 17.5 Å². The Bertz CT molecular complexity index is 992. The molecule has 1 fully saturated rings. The number of anilines is 1. The van der Waals surface area contributed by atoms with E-state index in [1.165, 1.54) is 6.20 Å². The van der Waals surface area contributed by atoms with Crippen molar-refractivity contribution in [3.05, 3.63) is 53.2 Å². The molecule has 3 rings (SSSR count). The molecule has 0 radical (unpaired) electrons. The summed E-state index contributed by atoms with van der Waals surface area (Å²) in [6.45, 7) is 0.0409. The molecule has 1 amide bonds. The van der Waals surface area contributed by atoms with Gasteiger partial charge >= 0.3 is 6.18 Å². The number of alkyl halides is 3. The van der Waals surface area contributed by atoms with Crippen LogP contribution in [0.2, 0.25) is 5.02 Å². The Morgan fingerprint density at radius 2 is 1.86 bits per heavy atom. The van der Waals surface area contributed by atoms with Crippen LogP contribution in [0.5, 0.6) is 0 Å². The van der Waals surface area contributed by atoms with Crippen LogP contribution in [-0.4, -0.2) is 36.7 Å². The first-order chi connectivity index (χ1) is 13.6. The van der Waals surface area contributed by atoms with Crippen LogP contribution in [0.4, 0.5) is 19.0 Å². The van der Waals surface area contributed by atoms with E-state index in [-0.39, 0.29) is 31.8 Å². The van der Waals surface area contributed by atoms with Crippen molar-refractivity contribution in [3.8, 4) is 0 Å². The largest absolute Gasteiger partial charge is 0.417 e. The summed E-state index contributed by atoms with van der Waals surface area (Å²) in [5, 5.41) is 2.10. The Morgan fingerprint density at radius 1 is 1.17 bits per heavy atom. The van der Waals surface area contributed by atoms with Crippen LogP contribution in [0.1, 0.15) is 18.4 Å². The Balaban J connectivity index is 1.69. The Morgan fingerprint density at radius 3 is 2.45 bits per heavy atom. The van der Waals surface area contributed by atoms with Crippen LogP contribution in [-0.2, 0) is 21.0 Å². The highest BCUT2D eigenvalue weighted by Gasteiger charge is 2.37. The van der Waals surface area contributed by atoms with E-state index in [9.17, 15) is 26.4 Å². The van der Waals surface area contributed by atoms with Gasteiger partial charge in [-0.25, -0.2) is 13.4 Å². The fourth-order valence-corrected chi connectivity index (χ4v) is 4.78. The molecule has 1 aliphatic rings. The normalized spacial score (nSPS) is 16.6. The van der Waals surface area contributed by atoms with Crippen molar-refractivity contribution in [1.29, 1.82) is 0 Å². The van der Waals surface area contributed by atoms with Gasteiger partial charge in [0.25, 0.3) is 0 Å². The van der Waals surface area contributed by atoms with Crippen LogP contribution in [0.25, 0.3) is 0 Å². The zero-order valence-corrected chi connectivity index (χ0v) is 16.6. The summed E-state index contributed by atoms with van der Waals surface area (Å²) in [6, 6.07) is 7.57. The lowest BCUT2D eigenvalue weighted by Gasteiger charge is -2.30. The fourth-order valence-electron chi connectivity index (χ4n) is 3.05. The Labute approximate surface area is 170 Å². The van der Waals surface area contributed by atoms with E-state index in [0.29, 0.717) is 11.9 Å². The summed E-state index contributed by atoms with van der Waals surface area (Å²) in [5.74, 6) is -0.292. The van der Waals surface area contributed by atoms with Crippen LogP contribution in [0.15, 0.2) is 47.5 Å². The predicted molar refractivity (Wildman–Crippen MR) is 101 cm³/mol. The van der Waals surface area contributed by atoms with E-state index in [0.717, 1.165) is 16.4 Å². The van der Waals surface area contributed by atoms with Gasteiger partial charge in [0.2, 0.25) is 15.9 Å². The van der Waals surface area contributed by atoms with Crippen LogP contribution in [0, 0.1) is 5.92 Å². The topological polar surface area (TPSA) is 79.4 Å². The van der Waals surface area contributed by atoms with Crippen molar-refractivity contribution in [3.63, 3.8) is 0 Å². The summed E-state index contributed by atoms with van der Waals surface area (Å²) in [6.07, 6.45) is -2.74. The fraction of sp³-hybridized carbons (Fsp3) is 0.333. The number of carbonyl (C=O) groups excluding carboxylic acids is 1. The van der Waals surface area contributed by atoms with Gasteiger partial charge in [0.1, 0.15) is 5.82 Å². The highest BCUT2D eigenvalue weighted by atomic mass is 35.5. The lowest BCUT2D eigenvalue weighted by molar-refractivity contribution is -0.137. The van der Waals surface area contributed by atoms with Crippen molar-refractivity contribution in [2.24, 2.45) is 5.92 Å². The molecular formula is C18H17ClF3N3O3S. The molecule has 1 aromatic carbocycles. The van der Waals surface area contributed by atoms with Gasteiger partial charge in [0, 0.05) is 25.2 Å². The number of aromatic nitrogens is 1. The number of nitrogens with one attached hydrogen (secondary N) is 1. The number of benzene rings is 1. The molecule has 0 bridgehead atoms. The van der Waals surface area contributed by atoms with Crippen molar-refractivity contribution in [2.75, 3.05) is 18.4 Å². The van der Waals surface area contributed by atoms with Gasteiger partial charge < -0.3 is 5.32 Å². The monoisotopic (exact) mass is 447 g/mol. The highest BCUT2D eigenvalue weighted by molar-refractivity contribution is 7.89. The Hall–Kier alpha value is -2.17. The van der Waals surface area contributed by atoms with Gasteiger partial charge in [0.15, 0.2) is 0 Å². The zero-order chi connectivity index (χ0) is 21.2. The van der Waals surface area contributed by atoms with Crippen molar-refractivity contribution < 1.29 is 26.4 Å². The van der Waals surface area contributed by atoms with E-state index in [1.807, 2.05) is 0 Å². The molecule has 29 heavy (non-hydrogen) atoms. The second-order valence-corrected chi connectivity index (χ2v) is 8.87. The molecule has 1 aromatic heterocycles. The predicted octanol–water partition coefficient (Wildman–Crippen LogP) is 3.79. The average molecular weight is 448 g/mol. The van der Waals surface area contributed by atoms with E-state index in [4.69, 9.17) is 11.6 Å². The molecule has 2 heterocycles.